The highest BCUT2D eigenvalue weighted by Gasteiger charge is 2.26. The largest absolute Gasteiger partial charge is 0.391 e. The predicted octanol–water partition coefficient (Wildman–Crippen LogP) is 3.49. The van der Waals surface area contributed by atoms with E-state index in [4.69, 9.17) is 0 Å². The molecule has 3 atom stereocenters. The van der Waals surface area contributed by atoms with Crippen molar-refractivity contribution in [3.05, 3.63) is 29.8 Å². The first-order valence-electron chi connectivity index (χ1n) is 8.41. The van der Waals surface area contributed by atoms with Gasteiger partial charge in [-0.15, -0.1) is 0 Å². The molecule has 0 spiro atoms. The number of rotatable bonds is 6. The van der Waals surface area contributed by atoms with Gasteiger partial charge in [0, 0.05) is 18.8 Å². The summed E-state index contributed by atoms with van der Waals surface area (Å²) in [5.74, 6) is 0. The molecule has 118 valence electrons. The summed E-state index contributed by atoms with van der Waals surface area (Å²) >= 11 is 0. The number of nitrogens with zero attached hydrogens (tertiary/aromatic N) is 1. The van der Waals surface area contributed by atoms with E-state index in [0.717, 1.165) is 32.2 Å². The molecule has 0 saturated heterocycles. The van der Waals surface area contributed by atoms with Crippen LogP contribution in [0.2, 0.25) is 0 Å². The lowest BCUT2D eigenvalue weighted by Gasteiger charge is -2.36. The summed E-state index contributed by atoms with van der Waals surface area (Å²) in [5, 5.41) is 13.7. The number of nitrogens with one attached hydrogen (secondary N) is 1. The van der Waals surface area contributed by atoms with Crippen LogP contribution >= 0.6 is 0 Å². The van der Waals surface area contributed by atoms with Crippen LogP contribution in [0.15, 0.2) is 24.3 Å². The zero-order valence-electron chi connectivity index (χ0n) is 13.7. The third-order valence-corrected chi connectivity index (χ3v) is 4.75. The Morgan fingerprint density at radius 3 is 2.43 bits per heavy atom. The quantitative estimate of drug-likeness (QED) is 0.842. The van der Waals surface area contributed by atoms with Crippen molar-refractivity contribution in [2.24, 2.45) is 0 Å². The maximum Gasteiger partial charge on any atom is 0.0743 e. The van der Waals surface area contributed by atoms with E-state index in [1.54, 1.807) is 0 Å². The summed E-state index contributed by atoms with van der Waals surface area (Å²) in [6.45, 7) is 5.36. The molecule has 0 heterocycles. The highest BCUT2D eigenvalue weighted by Crippen LogP contribution is 2.27. The number of likely N-dealkylation sites (N-methyl/N-ethyl adjacent to an activating group) is 1. The van der Waals surface area contributed by atoms with Crippen LogP contribution in [0.3, 0.4) is 0 Å². The average molecular weight is 290 g/mol. The van der Waals surface area contributed by atoms with Gasteiger partial charge < -0.3 is 15.3 Å². The summed E-state index contributed by atoms with van der Waals surface area (Å²) in [6.07, 6.45) is 5.33. The fourth-order valence-corrected chi connectivity index (χ4v) is 3.42. The summed E-state index contributed by atoms with van der Waals surface area (Å²) < 4.78 is 0. The third kappa shape index (κ3) is 3.98. The van der Waals surface area contributed by atoms with Crippen molar-refractivity contribution in [2.75, 3.05) is 18.5 Å². The van der Waals surface area contributed by atoms with Crippen molar-refractivity contribution in [1.29, 1.82) is 0 Å². The molecule has 2 rings (SSSR count). The van der Waals surface area contributed by atoms with Gasteiger partial charge in [0.25, 0.3) is 0 Å². The first-order valence-corrected chi connectivity index (χ1v) is 8.41. The number of aliphatic hydroxyl groups excluding tert-OH is 1. The average Bonchev–Trinajstić information content (AvgIpc) is 2.52. The molecule has 3 nitrogen and oxygen atoms in total. The van der Waals surface area contributed by atoms with E-state index in [-0.39, 0.29) is 12.1 Å². The molecule has 3 heteroatoms. The van der Waals surface area contributed by atoms with Gasteiger partial charge in [-0.25, -0.2) is 0 Å². The van der Waals surface area contributed by atoms with Crippen LogP contribution in [0.5, 0.6) is 0 Å². The summed E-state index contributed by atoms with van der Waals surface area (Å²) in [7, 11) is 2.11. The molecule has 0 amide bonds. The van der Waals surface area contributed by atoms with E-state index in [0.29, 0.717) is 6.04 Å². The molecule has 0 aliphatic heterocycles. The second-order valence-corrected chi connectivity index (χ2v) is 6.14. The van der Waals surface area contributed by atoms with Crippen LogP contribution in [0.25, 0.3) is 0 Å². The lowest BCUT2D eigenvalue weighted by atomic mass is 9.91. The van der Waals surface area contributed by atoms with Crippen LogP contribution in [0.4, 0.5) is 5.69 Å². The van der Waals surface area contributed by atoms with E-state index < -0.39 is 0 Å². The molecule has 21 heavy (non-hydrogen) atoms. The maximum atomic E-state index is 10.2. The second kappa shape index (κ2) is 7.81. The molecular weight excluding hydrogens is 260 g/mol. The molecule has 0 aromatic heterocycles. The monoisotopic (exact) mass is 290 g/mol. The molecule has 1 aromatic carbocycles. The van der Waals surface area contributed by atoms with E-state index in [1.807, 2.05) is 0 Å². The van der Waals surface area contributed by atoms with Gasteiger partial charge in [-0.2, -0.15) is 0 Å². The van der Waals surface area contributed by atoms with E-state index >= 15 is 0 Å². The van der Waals surface area contributed by atoms with E-state index in [2.05, 4.69) is 55.4 Å². The van der Waals surface area contributed by atoms with Crippen LogP contribution in [-0.2, 0) is 0 Å². The normalized spacial score (nSPS) is 23.8. The van der Waals surface area contributed by atoms with Gasteiger partial charge in [0.1, 0.15) is 0 Å². The van der Waals surface area contributed by atoms with Gasteiger partial charge in [0.05, 0.1) is 12.1 Å². The van der Waals surface area contributed by atoms with Gasteiger partial charge in [-0.3, -0.25) is 0 Å². The highest BCUT2D eigenvalue weighted by atomic mass is 16.3. The predicted molar refractivity (Wildman–Crippen MR) is 89.8 cm³/mol. The van der Waals surface area contributed by atoms with E-state index in [1.165, 1.54) is 17.7 Å². The highest BCUT2D eigenvalue weighted by molar-refractivity contribution is 5.48. The van der Waals surface area contributed by atoms with Gasteiger partial charge >= 0.3 is 0 Å². The SMILES string of the molecule is CCNC(CC)c1ccc(N(C)C2CCCCC2O)cc1. The lowest BCUT2D eigenvalue weighted by Crippen LogP contribution is -2.43. The fraction of sp³-hybridized carbons (Fsp3) is 0.667. The van der Waals surface area contributed by atoms with Crippen molar-refractivity contribution in [3.63, 3.8) is 0 Å². The van der Waals surface area contributed by atoms with Crippen molar-refractivity contribution in [3.8, 4) is 0 Å². The Kier molecular flexibility index (Phi) is 6.07. The Balaban J connectivity index is 2.07. The minimum absolute atomic E-state index is 0.187. The maximum absolute atomic E-state index is 10.2. The van der Waals surface area contributed by atoms with Crippen LogP contribution < -0.4 is 10.2 Å². The second-order valence-electron chi connectivity index (χ2n) is 6.14. The Morgan fingerprint density at radius 2 is 1.86 bits per heavy atom. The van der Waals surface area contributed by atoms with Gasteiger partial charge in [-0.05, 0) is 43.5 Å². The number of hydrogen-bond acceptors (Lipinski definition) is 3. The van der Waals surface area contributed by atoms with Gasteiger partial charge in [0.2, 0.25) is 0 Å². The Labute approximate surface area is 129 Å². The minimum atomic E-state index is -0.187. The molecule has 0 bridgehead atoms. The summed E-state index contributed by atoms with van der Waals surface area (Å²) in [4.78, 5) is 2.25. The van der Waals surface area contributed by atoms with Gasteiger partial charge in [0.15, 0.2) is 0 Å². The smallest absolute Gasteiger partial charge is 0.0743 e. The van der Waals surface area contributed by atoms with Crippen LogP contribution in [0, 0.1) is 0 Å². The molecule has 1 aromatic rings. The third-order valence-electron chi connectivity index (χ3n) is 4.75. The Hall–Kier alpha value is -1.06. The van der Waals surface area contributed by atoms with Crippen LogP contribution in [0.1, 0.15) is 57.6 Å². The molecule has 1 aliphatic carbocycles. The zero-order valence-corrected chi connectivity index (χ0v) is 13.7. The number of aliphatic hydroxyl groups is 1. The first kappa shape index (κ1) is 16.3. The molecule has 0 radical (unpaired) electrons. The standard InChI is InChI=1S/C18H30N2O/c1-4-16(19-5-2)14-10-12-15(13-11-14)20(3)17-8-6-7-9-18(17)21/h10-13,16-19,21H,4-9H2,1-3H3. The zero-order chi connectivity index (χ0) is 15.2. The molecule has 1 fully saturated rings. The molecule has 2 N–H and O–H groups in total. The number of benzene rings is 1. The van der Waals surface area contributed by atoms with E-state index in [9.17, 15) is 5.11 Å². The molecular formula is C18H30N2O. The van der Waals surface area contributed by atoms with Crippen molar-refractivity contribution >= 4 is 5.69 Å². The van der Waals surface area contributed by atoms with Crippen molar-refractivity contribution in [2.45, 2.75) is 64.1 Å². The summed E-state index contributed by atoms with van der Waals surface area (Å²) in [6, 6.07) is 9.53. The lowest BCUT2D eigenvalue weighted by molar-refractivity contribution is 0.106. The molecule has 1 aliphatic rings. The topological polar surface area (TPSA) is 35.5 Å². The van der Waals surface area contributed by atoms with Crippen molar-refractivity contribution < 1.29 is 5.11 Å². The Bertz CT molecular complexity index is 418. The first-order chi connectivity index (χ1) is 10.2. The fourth-order valence-electron chi connectivity index (χ4n) is 3.42. The minimum Gasteiger partial charge on any atom is -0.391 e. The van der Waals surface area contributed by atoms with Crippen LogP contribution in [-0.4, -0.2) is 30.8 Å². The number of hydrogen-bond donors (Lipinski definition) is 2. The van der Waals surface area contributed by atoms with Crippen molar-refractivity contribution in [1.82, 2.24) is 5.32 Å². The molecule has 3 unspecified atom stereocenters. The molecule has 1 saturated carbocycles. The number of anilines is 1. The Morgan fingerprint density at radius 1 is 1.19 bits per heavy atom. The van der Waals surface area contributed by atoms with Gasteiger partial charge in [-0.1, -0.05) is 38.8 Å². The summed E-state index contributed by atoms with van der Waals surface area (Å²) in [5.41, 5.74) is 2.55.